The van der Waals surface area contributed by atoms with Gasteiger partial charge in [0.2, 0.25) is 0 Å². The van der Waals surface area contributed by atoms with Crippen LogP contribution in [0.1, 0.15) is 10.4 Å². The van der Waals surface area contributed by atoms with Gasteiger partial charge in [-0.25, -0.2) is 4.79 Å². The van der Waals surface area contributed by atoms with Crippen LogP contribution in [0.5, 0.6) is 5.75 Å². The normalized spacial score (nSPS) is 13.7. The second kappa shape index (κ2) is 7.16. The van der Waals surface area contributed by atoms with Crippen LogP contribution in [0, 0.1) is 0 Å². The van der Waals surface area contributed by atoms with Gasteiger partial charge in [-0.05, 0) is 42.5 Å². The fourth-order valence-electron chi connectivity index (χ4n) is 2.46. The minimum absolute atomic E-state index is 0.0851. The predicted molar refractivity (Wildman–Crippen MR) is 88.2 cm³/mol. The Hall–Kier alpha value is -3.16. The molecule has 0 spiro atoms. The molecule has 1 fully saturated rings. The molecule has 25 heavy (non-hydrogen) atoms. The van der Waals surface area contributed by atoms with Crippen molar-refractivity contribution in [3.8, 4) is 5.75 Å². The number of benzene rings is 2. The van der Waals surface area contributed by atoms with E-state index in [0.717, 1.165) is 5.69 Å². The Bertz CT molecular complexity index is 781. The van der Waals surface area contributed by atoms with Crippen molar-refractivity contribution in [3.05, 3.63) is 54.1 Å². The third kappa shape index (κ3) is 4.03. The maximum atomic E-state index is 12.2. The molecule has 0 saturated carbocycles. The van der Waals surface area contributed by atoms with Crippen LogP contribution < -0.4 is 20.3 Å². The van der Waals surface area contributed by atoms with Crippen LogP contribution in [-0.2, 0) is 0 Å². The molecule has 0 radical (unpaired) electrons. The van der Waals surface area contributed by atoms with E-state index in [9.17, 15) is 18.4 Å². The Morgan fingerprint density at radius 2 is 1.96 bits per heavy atom. The number of urea groups is 1. The van der Waals surface area contributed by atoms with E-state index >= 15 is 0 Å². The first kappa shape index (κ1) is 16.7. The van der Waals surface area contributed by atoms with Crippen LogP contribution in [0.4, 0.5) is 25.0 Å². The van der Waals surface area contributed by atoms with Crippen molar-refractivity contribution in [2.75, 3.05) is 23.3 Å². The highest BCUT2D eigenvalue weighted by atomic mass is 19.3. The number of carbonyl (C=O) groups is 2. The number of rotatable bonds is 5. The van der Waals surface area contributed by atoms with Crippen LogP contribution in [0.2, 0.25) is 0 Å². The molecular formula is C17H15F2N3O3. The zero-order chi connectivity index (χ0) is 17.8. The summed E-state index contributed by atoms with van der Waals surface area (Å²) >= 11 is 0. The van der Waals surface area contributed by atoms with E-state index < -0.39 is 12.5 Å². The summed E-state index contributed by atoms with van der Waals surface area (Å²) in [5, 5.41) is 5.37. The molecule has 2 aromatic carbocycles. The highest BCUT2D eigenvalue weighted by Gasteiger charge is 2.20. The SMILES string of the molecule is O=C(Nc1ccc(N2CCNC2=O)cc1)c1cccc(OC(F)F)c1. The molecule has 1 aliphatic heterocycles. The van der Waals surface area contributed by atoms with Crippen LogP contribution in [0.15, 0.2) is 48.5 Å². The van der Waals surface area contributed by atoms with Gasteiger partial charge in [0.25, 0.3) is 5.91 Å². The second-order valence-corrected chi connectivity index (χ2v) is 5.29. The minimum atomic E-state index is -2.95. The largest absolute Gasteiger partial charge is 0.435 e. The Labute approximate surface area is 142 Å². The summed E-state index contributed by atoms with van der Waals surface area (Å²) in [4.78, 5) is 25.4. The Morgan fingerprint density at radius 3 is 2.60 bits per heavy atom. The van der Waals surface area contributed by atoms with E-state index in [4.69, 9.17) is 0 Å². The van der Waals surface area contributed by atoms with E-state index in [0.29, 0.717) is 18.8 Å². The molecule has 130 valence electrons. The molecule has 0 bridgehead atoms. The summed E-state index contributed by atoms with van der Waals surface area (Å²) in [6.07, 6.45) is 0. The van der Waals surface area contributed by atoms with Crippen LogP contribution in [0.25, 0.3) is 0 Å². The van der Waals surface area contributed by atoms with Gasteiger partial charge >= 0.3 is 12.6 Å². The monoisotopic (exact) mass is 347 g/mol. The van der Waals surface area contributed by atoms with Gasteiger partial charge in [-0.3, -0.25) is 9.69 Å². The summed E-state index contributed by atoms with van der Waals surface area (Å²) in [7, 11) is 0. The third-order valence-electron chi connectivity index (χ3n) is 3.62. The van der Waals surface area contributed by atoms with Gasteiger partial charge in [-0.1, -0.05) is 6.07 Å². The summed E-state index contributed by atoms with van der Waals surface area (Å²) in [5.41, 5.74) is 1.44. The molecule has 3 rings (SSSR count). The van der Waals surface area contributed by atoms with Gasteiger partial charge in [-0.15, -0.1) is 0 Å². The maximum absolute atomic E-state index is 12.2. The first-order chi connectivity index (χ1) is 12.0. The molecule has 3 amide bonds. The van der Waals surface area contributed by atoms with Crippen LogP contribution in [-0.4, -0.2) is 31.6 Å². The number of halogens is 2. The smallest absolute Gasteiger partial charge is 0.387 e. The van der Waals surface area contributed by atoms with Gasteiger partial charge in [0.1, 0.15) is 5.75 Å². The number of hydrogen-bond donors (Lipinski definition) is 2. The lowest BCUT2D eigenvalue weighted by molar-refractivity contribution is -0.0498. The van der Waals surface area contributed by atoms with Crippen molar-refractivity contribution in [2.45, 2.75) is 6.61 Å². The molecule has 1 saturated heterocycles. The van der Waals surface area contributed by atoms with Crippen molar-refractivity contribution >= 4 is 23.3 Å². The predicted octanol–water partition coefficient (Wildman–Crippen LogP) is 3.07. The van der Waals surface area contributed by atoms with Crippen molar-refractivity contribution in [1.29, 1.82) is 0 Å². The number of hydrogen-bond acceptors (Lipinski definition) is 3. The van der Waals surface area contributed by atoms with E-state index in [1.807, 2.05) is 0 Å². The zero-order valence-corrected chi connectivity index (χ0v) is 13.0. The number of alkyl halides is 2. The molecule has 0 aliphatic carbocycles. The maximum Gasteiger partial charge on any atom is 0.387 e. The average molecular weight is 347 g/mol. The Balaban J connectivity index is 1.67. The number of nitrogens with zero attached hydrogens (tertiary/aromatic N) is 1. The molecule has 0 unspecified atom stereocenters. The third-order valence-corrected chi connectivity index (χ3v) is 3.62. The van der Waals surface area contributed by atoms with Gasteiger partial charge in [0, 0.05) is 30.0 Å². The first-order valence-corrected chi connectivity index (χ1v) is 7.54. The molecule has 1 heterocycles. The lowest BCUT2D eigenvalue weighted by Gasteiger charge is -2.14. The Morgan fingerprint density at radius 1 is 1.20 bits per heavy atom. The highest BCUT2D eigenvalue weighted by molar-refractivity contribution is 6.04. The number of anilines is 2. The van der Waals surface area contributed by atoms with E-state index in [-0.39, 0.29) is 17.3 Å². The molecule has 8 heteroatoms. The Kier molecular flexibility index (Phi) is 4.78. The standard InChI is InChI=1S/C17H15F2N3O3/c18-16(19)25-14-3-1-2-11(10-14)15(23)21-12-4-6-13(7-5-12)22-9-8-20-17(22)24/h1-7,10,16H,8-9H2,(H,20,24)(H,21,23). The van der Waals surface area contributed by atoms with Crippen LogP contribution >= 0.6 is 0 Å². The molecule has 0 aromatic heterocycles. The van der Waals surface area contributed by atoms with Crippen molar-refractivity contribution in [2.24, 2.45) is 0 Å². The lowest BCUT2D eigenvalue weighted by atomic mass is 10.2. The molecule has 2 aromatic rings. The fraction of sp³-hybridized carbons (Fsp3) is 0.176. The van der Waals surface area contributed by atoms with Gasteiger partial charge < -0.3 is 15.4 Å². The quantitative estimate of drug-likeness (QED) is 0.873. The number of nitrogens with one attached hydrogen (secondary N) is 2. The summed E-state index contributed by atoms with van der Waals surface area (Å²) in [6, 6.07) is 12.2. The molecule has 6 nitrogen and oxygen atoms in total. The summed E-state index contributed by atoms with van der Waals surface area (Å²) in [6.45, 7) is -1.77. The molecule has 0 atom stereocenters. The molecule has 1 aliphatic rings. The summed E-state index contributed by atoms with van der Waals surface area (Å²) < 4.78 is 28.8. The van der Waals surface area contributed by atoms with Crippen molar-refractivity contribution in [1.82, 2.24) is 5.32 Å². The first-order valence-electron chi connectivity index (χ1n) is 7.54. The van der Waals surface area contributed by atoms with Gasteiger partial charge in [0.05, 0.1) is 0 Å². The number of ether oxygens (including phenoxy) is 1. The summed E-state index contributed by atoms with van der Waals surface area (Å²) in [5.74, 6) is -0.538. The van der Waals surface area contributed by atoms with Crippen molar-refractivity contribution < 1.29 is 23.1 Å². The van der Waals surface area contributed by atoms with E-state index in [1.54, 1.807) is 29.2 Å². The highest BCUT2D eigenvalue weighted by Crippen LogP contribution is 2.21. The minimum Gasteiger partial charge on any atom is -0.435 e. The second-order valence-electron chi connectivity index (χ2n) is 5.29. The number of amides is 3. The van der Waals surface area contributed by atoms with Gasteiger partial charge in [0.15, 0.2) is 0 Å². The zero-order valence-electron chi connectivity index (χ0n) is 13.0. The van der Waals surface area contributed by atoms with Crippen molar-refractivity contribution in [3.63, 3.8) is 0 Å². The molecule has 2 N–H and O–H groups in total. The lowest BCUT2D eigenvalue weighted by Crippen LogP contribution is -2.27. The topological polar surface area (TPSA) is 70.7 Å². The fourth-order valence-corrected chi connectivity index (χ4v) is 2.46. The molecular weight excluding hydrogens is 332 g/mol. The van der Waals surface area contributed by atoms with E-state index in [1.165, 1.54) is 24.3 Å². The van der Waals surface area contributed by atoms with E-state index in [2.05, 4.69) is 15.4 Å². The average Bonchev–Trinajstić information content (AvgIpc) is 3.01. The number of carbonyl (C=O) groups excluding carboxylic acids is 2. The van der Waals surface area contributed by atoms with Crippen LogP contribution in [0.3, 0.4) is 0 Å². The van der Waals surface area contributed by atoms with Gasteiger partial charge in [-0.2, -0.15) is 8.78 Å².